The molecule has 0 saturated carbocycles. The molecule has 4 aromatic rings. The van der Waals surface area contributed by atoms with E-state index in [1.807, 2.05) is 0 Å². The molecule has 0 aliphatic rings. The number of nitrogens with zero attached hydrogens (tertiary/aromatic N) is 5. The molecule has 7 nitrogen and oxygen atoms in total. The summed E-state index contributed by atoms with van der Waals surface area (Å²) in [5.74, 6) is -1.30. The zero-order chi connectivity index (χ0) is 22.5. The number of amides is 1. The number of carbonyl (C=O) groups is 1. The highest BCUT2D eigenvalue weighted by Gasteiger charge is 2.31. The van der Waals surface area contributed by atoms with Gasteiger partial charge < -0.3 is 10.6 Å². The highest BCUT2D eigenvalue weighted by Crippen LogP contribution is 2.30. The van der Waals surface area contributed by atoms with Crippen molar-refractivity contribution in [1.29, 1.82) is 0 Å². The van der Waals surface area contributed by atoms with Gasteiger partial charge in [-0.2, -0.15) is 13.2 Å². The van der Waals surface area contributed by atoms with Crippen molar-refractivity contribution in [2.75, 3.05) is 12.8 Å². The van der Waals surface area contributed by atoms with E-state index in [1.165, 1.54) is 36.6 Å². The van der Waals surface area contributed by atoms with Crippen LogP contribution in [-0.2, 0) is 6.18 Å². The van der Waals surface area contributed by atoms with Gasteiger partial charge in [0.25, 0.3) is 5.91 Å². The van der Waals surface area contributed by atoms with Crippen LogP contribution in [0, 0.1) is 5.82 Å². The molecule has 3 heterocycles. The smallest absolute Gasteiger partial charge is 0.382 e. The number of nitrogens with two attached hydrogens (primary N) is 1. The predicted molar refractivity (Wildman–Crippen MR) is 105 cm³/mol. The van der Waals surface area contributed by atoms with Crippen molar-refractivity contribution >= 4 is 28.3 Å². The van der Waals surface area contributed by atoms with E-state index in [-0.39, 0.29) is 22.6 Å². The Morgan fingerprint density at radius 1 is 1.19 bits per heavy atom. The SMILES string of the molecule is C[C@H](c1ccc(C(F)(F)F)cn1)N(C)C(=O)c1cc2c(cc1F)nc(N)c1cncn12. The van der Waals surface area contributed by atoms with Crippen LogP contribution >= 0.6 is 0 Å². The van der Waals surface area contributed by atoms with E-state index in [2.05, 4.69) is 15.0 Å². The highest BCUT2D eigenvalue weighted by molar-refractivity contribution is 5.98. The molecule has 0 spiro atoms. The minimum atomic E-state index is -4.51. The summed E-state index contributed by atoms with van der Waals surface area (Å²) in [4.78, 5) is 26.2. The van der Waals surface area contributed by atoms with E-state index in [9.17, 15) is 22.4 Å². The number of fused-ring (bicyclic) bond motifs is 3. The molecule has 0 aliphatic carbocycles. The van der Waals surface area contributed by atoms with Gasteiger partial charge in [-0.05, 0) is 25.1 Å². The van der Waals surface area contributed by atoms with Gasteiger partial charge in [0.1, 0.15) is 17.2 Å². The second-order valence-corrected chi connectivity index (χ2v) is 7.03. The van der Waals surface area contributed by atoms with E-state index in [1.54, 1.807) is 11.3 Å². The van der Waals surface area contributed by atoms with Crippen LogP contribution in [0.4, 0.5) is 23.4 Å². The number of alkyl halides is 3. The molecule has 1 atom stereocenters. The fraction of sp³-hybridized carbons (Fsp3) is 0.200. The van der Waals surface area contributed by atoms with E-state index in [0.29, 0.717) is 17.2 Å². The first-order chi connectivity index (χ1) is 14.6. The lowest BCUT2D eigenvalue weighted by Gasteiger charge is -2.25. The number of pyridine rings is 1. The Labute approximate surface area is 173 Å². The molecule has 0 radical (unpaired) electrons. The second kappa shape index (κ2) is 7.18. The number of carbonyl (C=O) groups excluding carboxylic acids is 1. The van der Waals surface area contributed by atoms with Gasteiger partial charge >= 0.3 is 6.18 Å². The fourth-order valence-electron chi connectivity index (χ4n) is 3.25. The average molecular weight is 432 g/mol. The molecule has 4 rings (SSSR count). The Balaban J connectivity index is 1.69. The van der Waals surface area contributed by atoms with Gasteiger partial charge in [0.2, 0.25) is 0 Å². The zero-order valence-electron chi connectivity index (χ0n) is 16.4. The van der Waals surface area contributed by atoms with Gasteiger partial charge in [0, 0.05) is 19.3 Å². The van der Waals surface area contributed by atoms with E-state index in [0.717, 1.165) is 12.1 Å². The minimum absolute atomic E-state index is 0.169. The topological polar surface area (TPSA) is 89.4 Å². The van der Waals surface area contributed by atoms with Crippen molar-refractivity contribution in [1.82, 2.24) is 24.3 Å². The number of halogens is 4. The predicted octanol–water partition coefficient (Wildman–Crippen LogP) is 3.85. The third-order valence-corrected chi connectivity index (χ3v) is 5.14. The molecule has 2 N–H and O–H groups in total. The van der Waals surface area contributed by atoms with Gasteiger partial charge in [-0.15, -0.1) is 0 Å². The van der Waals surface area contributed by atoms with E-state index in [4.69, 9.17) is 5.73 Å². The highest BCUT2D eigenvalue weighted by atomic mass is 19.4. The first kappa shape index (κ1) is 20.5. The molecule has 0 aliphatic heterocycles. The van der Waals surface area contributed by atoms with E-state index >= 15 is 0 Å². The molecule has 0 bridgehead atoms. The minimum Gasteiger partial charge on any atom is -0.382 e. The number of hydrogen-bond acceptors (Lipinski definition) is 5. The Morgan fingerprint density at radius 2 is 1.94 bits per heavy atom. The first-order valence-corrected chi connectivity index (χ1v) is 9.09. The molecule has 0 fully saturated rings. The summed E-state index contributed by atoms with van der Waals surface area (Å²) in [5, 5.41) is 0. The number of hydrogen-bond donors (Lipinski definition) is 1. The second-order valence-electron chi connectivity index (χ2n) is 7.03. The summed E-state index contributed by atoms with van der Waals surface area (Å²) in [5.41, 5.74) is 6.16. The molecule has 0 unspecified atom stereocenters. The molecule has 0 saturated heterocycles. The first-order valence-electron chi connectivity index (χ1n) is 9.09. The number of aromatic nitrogens is 4. The van der Waals surface area contributed by atoms with Crippen molar-refractivity contribution in [2.45, 2.75) is 19.1 Å². The van der Waals surface area contributed by atoms with Crippen LogP contribution in [0.1, 0.15) is 34.6 Å². The molecule has 160 valence electrons. The maximum absolute atomic E-state index is 14.7. The molecule has 31 heavy (non-hydrogen) atoms. The van der Waals surface area contributed by atoms with Crippen molar-refractivity contribution in [3.8, 4) is 0 Å². The normalized spacial score (nSPS) is 13.0. The average Bonchev–Trinajstić information content (AvgIpc) is 3.22. The Morgan fingerprint density at radius 3 is 2.58 bits per heavy atom. The molecule has 1 amide bonds. The summed E-state index contributed by atoms with van der Waals surface area (Å²) >= 11 is 0. The quantitative estimate of drug-likeness (QED) is 0.497. The van der Waals surface area contributed by atoms with Crippen LogP contribution in [0.3, 0.4) is 0 Å². The van der Waals surface area contributed by atoms with Crippen molar-refractivity contribution in [3.05, 3.63) is 65.6 Å². The number of rotatable bonds is 3. The van der Waals surface area contributed by atoms with Crippen LogP contribution in [0.15, 0.2) is 43.0 Å². The number of nitrogen functional groups attached to an aromatic ring is 1. The number of imidazole rings is 1. The van der Waals surface area contributed by atoms with Gasteiger partial charge in [-0.25, -0.2) is 14.4 Å². The van der Waals surface area contributed by atoms with Gasteiger partial charge in [0.05, 0.1) is 46.4 Å². The Bertz CT molecular complexity index is 1300. The van der Waals surface area contributed by atoms with Gasteiger partial charge in [-0.3, -0.25) is 14.2 Å². The van der Waals surface area contributed by atoms with Crippen LogP contribution in [0.5, 0.6) is 0 Å². The summed E-state index contributed by atoms with van der Waals surface area (Å²) in [7, 11) is 1.42. The number of benzene rings is 1. The van der Waals surface area contributed by atoms with Crippen molar-refractivity contribution < 1.29 is 22.4 Å². The van der Waals surface area contributed by atoms with Crippen LogP contribution in [0.25, 0.3) is 16.6 Å². The summed E-state index contributed by atoms with van der Waals surface area (Å²) in [6.07, 6.45) is -0.842. The van der Waals surface area contributed by atoms with Crippen LogP contribution < -0.4 is 5.73 Å². The lowest BCUT2D eigenvalue weighted by Crippen LogP contribution is -2.31. The largest absolute Gasteiger partial charge is 0.417 e. The van der Waals surface area contributed by atoms with Crippen molar-refractivity contribution in [2.24, 2.45) is 0 Å². The third kappa shape index (κ3) is 3.51. The molecule has 11 heteroatoms. The van der Waals surface area contributed by atoms with Crippen LogP contribution in [-0.4, -0.2) is 37.2 Å². The lowest BCUT2D eigenvalue weighted by atomic mass is 10.1. The molecule has 1 aromatic carbocycles. The van der Waals surface area contributed by atoms with Gasteiger partial charge in [0.15, 0.2) is 0 Å². The lowest BCUT2D eigenvalue weighted by molar-refractivity contribution is -0.137. The Kier molecular flexibility index (Phi) is 4.75. The molecular weight excluding hydrogens is 416 g/mol. The van der Waals surface area contributed by atoms with Crippen molar-refractivity contribution in [3.63, 3.8) is 0 Å². The van der Waals surface area contributed by atoms with Crippen LogP contribution in [0.2, 0.25) is 0 Å². The standard InChI is InChI=1S/C20H16F4N6O/c1-10(14-4-3-11(7-27-14)20(22,23)24)29(2)19(31)12-5-16-15(6-13(12)21)28-18(25)17-8-26-9-30(16)17/h3-10H,1-2H3,(H2,25,28)/t10-/m1/s1. The summed E-state index contributed by atoms with van der Waals surface area (Å²) in [6.45, 7) is 1.59. The maximum Gasteiger partial charge on any atom is 0.417 e. The molecular formula is C20H16F4N6O. The van der Waals surface area contributed by atoms with E-state index < -0.39 is 29.5 Å². The third-order valence-electron chi connectivity index (χ3n) is 5.14. The zero-order valence-corrected chi connectivity index (χ0v) is 16.4. The molecule has 3 aromatic heterocycles. The Hall–Kier alpha value is -3.76. The fourth-order valence-corrected chi connectivity index (χ4v) is 3.25. The summed E-state index contributed by atoms with van der Waals surface area (Å²) in [6, 6.07) is 3.82. The number of anilines is 1. The van der Waals surface area contributed by atoms with Gasteiger partial charge in [-0.1, -0.05) is 0 Å². The monoisotopic (exact) mass is 432 g/mol. The summed E-state index contributed by atoms with van der Waals surface area (Å²) < 4.78 is 54.6. The maximum atomic E-state index is 14.7.